The van der Waals surface area contributed by atoms with Gasteiger partial charge in [0, 0.05) is 11.3 Å². The summed E-state index contributed by atoms with van der Waals surface area (Å²) in [5.74, 6) is 2.83. The molecule has 0 atom stereocenters. The van der Waals surface area contributed by atoms with Crippen molar-refractivity contribution in [2.75, 3.05) is 14.2 Å². The molecule has 26 heavy (non-hydrogen) atoms. The molecule has 0 N–H and O–H groups in total. The topological polar surface area (TPSA) is 61.5 Å². The lowest BCUT2D eigenvalue weighted by Crippen LogP contribution is -1.99. The predicted molar refractivity (Wildman–Crippen MR) is 103 cm³/mol. The summed E-state index contributed by atoms with van der Waals surface area (Å²) < 4.78 is 12.5. The Labute approximate surface area is 156 Å². The van der Waals surface area contributed by atoms with Gasteiger partial charge >= 0.3 is 0 Å². The standard InChI is InChI=1S/C19H20N4O2S/c1-14-21-22-19(26-13-15-8-5-4-6-9-15)23(14)20-12-16-10-7-11-17(24-2)18(16)25-3/h4-12H,13H2,1-3H3/b20-12+. The molecule has 3 aromatic rings. The van der Waals surface area contributed by atoms with Crippen LogP contribution < -0.4 is 9.47 Å². The molecule has 6 nitrogen and oxygen atoms in total. The molecular formula is C19H20N4O2S. The molecule has 0 saturated heterocycles. The molecule has 0 unspecified atom stereocenters. The second kappa shape index (κ2) is 8.53. The number of para-hydroxylation sites is 1. The highest BCUT2D eigenvalue weighted by Crippen LogP contribution is 2.29. The first kappa shape index (κ1) is 18.0. The fourth-order valence-corrected chi connectivity index (χ4v) is 3.31. The van der Waals surface area contributed by atoms with Gasteiger partial charge in [0.2, 0.25) is 5.16 Å². The number of thioether (sulfide) groups is 1. The van der Waals surface area contributed by atoms with E-state index in [1.807, 2.05) is 43.3 Å². The SMILES string of the molecule is COc1cccc(/C=N/n2c(C)nnc2SCc2ccccc2)c1OC. The van der Waals surface area contributed by atoms with Crippen molar-refractivity contribution in [1.29, 1.82) is 0 Å². The summed E-state index contributed by atoms with van der Waals surface area (Å²) in [5.41, 5.74) is 2.04. The summed E-state index contributed by atoms with van der Waals surface area (Å²) in [6.07, 6.45) is 1.73. The number of aromatic nitrogens is 3. The van der Waals surface area contributed by atoms with Gasteiger partial charge in [0.05, 0.1) is 20.4 Å². The lowest BCUT2D eigenvalue weighted by Gasteiger charge is -2.09. The van der Waals surface area contributed by atoms with E-state index < -0.39 is 0 Å². The van der Waals surface area contributed by atoms with Gasteiger partial charge in [0.15, 0.2) is 17.3 Å². The summed E-state index contributed by atoms with van der Waals surface area (Å²) in [6.45, 7) is 1.87. The minimum atomic E-state index is 0.642. The first-order valence-electron chi connectivity index (χ1n) is 8.07. The van der Waals surface area contributed by atoms with Gasteiger partial charge in [-0.05, 0) is 24.6 Å². The minimum Gasteiger partial charge on any atom is -0.493 e. The maximum absolute atomic E-state index is 5.44. The lowest BCUT2D eigenvalue weighted by molar-refractivity contribution is 0.354. The van der Waals surface area contributed by atoms with E-state index in [1.165, 1.54) is 5.56 Å². The Morgan fingerprint density at radius 3 is 2.58 bits per heavy atom. The molecule has 7 heteroatoms. The number of benzene rings is 2. The molecule has 1 heterocycles. The molecule has 0 radical (unpaired) electrons. The Morgan fingerprint density at radius 1 is 1.04 bits per heavy atom. The maximum atomic E-state index is 5.44. The molecule has 0 saturated carbocycles. The third-order valence-corrected chi connectivity index (χ3v) is 4.71. The van der Waals surface area contributed by atoms with Crippen LogP contribution in [-0.4, -0.2) is 35.3 Å². The van der Waals surface area contributed by atoms with Crippen molar-refractivity contribution >= 4 is 18.0 Å². The summed E-state index contributed by atoms with van der Waals surface area (Å²) >= 11 is 1.59. The second-order valence-corrected chi connectivity index (χ2v) is 6.39. The third-order valence-electron chi connectivity index (χ3n) is 3.72. The fourth-order valence-electron chi connectivity index (χ4n) is 2.42. The highest BCUT2D eigenvalue weighted by molar-refractivity contribution is 7.98. The fraction of sp³-hybridized carbons (Fsp3) is 0.211. The molecule has 0 aliphatic rings. The Hall–Kier alpha value is -2.80. The van der Waals surface area contributed by atoms with Gasteiger partial charge in [-0.15, -0.1) is 10.2 Å². The molecular weight excluding hydrogens is 348 g/mol. The minimum absolute atomic E-state index is 0.642. The van der Waals surface area contributed by atoms with Gasteiger partial charge < -0.3 is 9.47 Å². The first-order chi connectivity index (χ1) is 12.7. The zero-order chi connectivity index (χ0) is 18.4. The summed E-state index contributed by atoms with van der Waals surface area (Å²) in [5, 5.41) is 13.6. The second-order valence-electron chi connectivity index (χ2n) is 5.44. The van der Waals surface area contributed by atoms with Crippen LogP contribution >= 0.6 is 11.8 Å². The number of nitrogens with zero attached hydrogens (tertiary/aromatic N) is 4. The van der Waals surface area contributed by atoms with Crippen LogP contribution in [0.15, 0.2) is 58.8 Å². The maximum Gasteiger partial charge on any atom is 0.212 e. The van der Waals surface area contributed by atoms with Gasteiger partial charge in [0.25, 0.3) is 0 Å². The van der Waals surface area contributed by atoms with Crippen molar-refractivity contribution in [3.63, 3.8) is 0 Å². The number of methoxy groups -OCH3 is 2. The van der Waals surface area contributed by atoms with E-state index in [0.717, 1.165) is 22.3 Å². The molecule has 0 aliphatic heterocycles. The third kappa shape index (κ3) is 4.05. The predicted octanol–water partition coefficient (Wildman–Crippen LogP) is 3.78. The number of hydrogen-bond donors (Lipinski definition) is 0. The van der Waals surface area contributed by atoms with E-state index in [-0.39, 0.29) is 0 Å². The largest absolute Gasteiger partial charge is 0.493 e. The summed E-state index contributed by atoms with van der Waals surface area (Å²) in [6, 6.07) is 15.9. The first-order valence-corrected chi connectivity index (χ1v) is 9.05. The number of aryl methyl sites for hydroxylation is 1. The van der Waals surface area contributed by atoms with E-state index >= 15 is 0 Å². The van der Waals surface area contributed by atoms with E-state index in [4.69, 9.17) is 9.47 Å². The number of hydrogen-bond acceptors (Lipinski definition) is 6. The Kier molecular flexibility index (Phi) is 5.91. The van der Waals surface area contributed by atoms with Gasteiger partial charge in [0.1, 0.15) is 0 Å². The molecule has 0 aliphatic carbocycles. The van der Waals surface area contributed by atoms with Crippen molar-refractivity contribution in [2.45, 2.75) is 17.8 Å². The van der Waals surface area contributed by atoms with Gasteiger partial charge in [-0.1, -0.05) is 48.2 Å². The van der Waals surface area contributed by atoms with Crippen molar-refractivity contribution in [3.8, 4) is 11.5 Å². The average Bonchev–Trinajstić information content (AvgIpc) is 3.04. The highest BCUT2D eigenvalue weighted by Gasteiger charge is 2.11. The van der Waals surface area contributed by atoms with Crippen molar-refractivity contribution in [3.05, 3.63) is 65.5 Å². The normalized spacial score (nSPS) is 11.0. The Balaban J connectivity index is 1.82. The smallest absolute Gasteiger partial charge is 0.212 e. The average molecular weight is 368 g/mol. The van der Waals surface area contributed by atoms with Gasteiger partial charge in [-0.25, -0.2) is 0 Å². The van der Waals surface area contributed by atoms with Crippen molar-refractivity contribution in [1.82, 2.24) is 14.9 Å². The highest BCUT2D eigenvalue weighted by atomic mass is 32.2. The summed E-state index contributed by atoms with van der Waals surface area (Å²) in [4.78, 5) is 0. The Morgan fingerprint density at radius 2 is 1.85 bits per heavy atom. The monoisotopic (exact) mass is 368 g/mol. The van der Waals surface area contributed by atoms with E-state index in [2.05, 4.69) is 27.4 Å². The molecule has 0 bridgehead atoms. The lowest BCUT2D eigenvalue weighted by atomic mass is 10.2. The molecule has 3 rings (SSSR count). The molecule has 1 aromatic heterocycles. The van der Waals surface area contributed by atoms with Crippen LogP contribution in [0.3, 0.4) is 0 Å². The van der Waals surface area contributed by atoms with Crippen LogP contribution in [0.5, 0.6) is 11.5 Å². The van der Waals surface area contributed by atoms with Crippen LogP contribution in [0.2, 0.25) is 0 Å². The number of ether oxygens (including phenoxy) is 2. The molecule has 0 spiro atoms. The zero-order valence-electron chi connectivity index (χ0n) is 14.9. The van der Waals surface area contributed by atoms with Crippen LogP contribution in [0.25, 0.3) is 0 Å². The Bertz CT molecular complexity index is 894. The molecule has 0 fully saturated rings. The number of rotatable bonds is 7. The summed E-state index contributed by atoms with van der Waals surface area (Å²) in [7, 11) is 3.22. The quantitative estimate of drug-likeness (QED) is 0.469. The van der Waals surface area contributed by atoms with Crippen LogP contribution in [0.1, 0.15) is 17.0 Å². The van der Waals surface area contributed by atoms with E-state index in [1.54, 1.807) is 36.9 Å². The van der Waals surface area contributed by atoms with Gasteiger partial charge in [-0.3, -0.25) is 0 Å². The van der Waals surface area contributed by atoms with Crippen LogP contribution in [-0.2, 0) is 5.75 Å². The van der Waals surface area contributed by atoms with E-state index in [9.17, 15) is 0 Å². The van der Waals surface area contributed by atoms with Crippen molar-refractivity contribution < 1.29 is 9.47 Å². The zero-order valence-corrected chi connectivity index (χ0v) is 15.7. The van der Waals surface area contributed by atoms with E-state index in [0.29, 0.717) is 11.5 Å². The molecule has 0 amide bonds. The van der Waals surface area contributed by atoms with Crippen molar-refractivity contribution in [2.24, 2.45) is 5.10 Å². The van der Waals surface area contributed by atoms with Gasteiger partial charge in [-0.2, -0.15) is 9.78 Å². The molecule has 2 aromatic carbocycles. The van der Waals surface area contributed by atoms with Crippen LogP contribution in [0.4, 0.5) is 0 Å². The molecule has 134 valence electrons. The van der Waals surface area contributed by atoms with Crippen LogP contribution in [0, 0.1) is 6.92 Å².